The Morgan fingerprint density at radius 3 is 2.80 bits per heavy atom. The van der Waals surface area contributed by atoms with Gasteiger partial charge in [0.25, 0.3) is 0 Å². The minimum Gasteiger partial charge on any atom is -0.383 e. The van der Waals surface area contributed by atoms with Crippen LogP contribution in [0.3, 0.4) is 0 Å². The Morgan fingerprint density at radius 1 is 1.33 bits per heavy atom. The van der Waals surface area contributed by atoms with Crippen LogP contribution in [-0.2, 0) is 23.9 Å². The lowest BCUT2D eigenvalue weighted by Crippen LogP contribution is -2.45. The third-order valence-corrected chi connectivity index (χ3v) is 6.38. The van der Waals surface area contributed by atoms with Crippen molar-refractivity contribution in [3.63, 3.8) is 0 Å². The molecule has 166 valence electrons. The monoisotopic (exact) mass is 435 g/mol. The smallest absolute Gasteiger partial charge is 0.191 e. The van der Waals surface area contributed by atoms with E-state index in [1.807, 2.05) is 43.0 Å². The maximum Gasteiger partial charge on any atom is 0.191 e. The van der Waals surface area contributed by atoms with E-state index >= 15 is 0 Å². The van der Waals surface area contributed by atoms with E-state index in [-0.39, 0.29) is 0 Å². The molecule has 2 aromatic heterocycles. The SMILES string of the molecule is Cc1nnc(CN=C(NCCCN2CCOCC2)NCC(C)(O)c2cccs2)n1C. The Kier molecular flexibility index (Phi) is 8.20. The first-order valence-corrected chi connectivity index (χ1v) is 11.3. The van der Waals surface area contributed by atoms with Crippen LogP contribution >= 0.6 is 11.3 Å². The van der Waals surface area contributed by atoms with Crippen molar-refractivity contribution in [2.45, 2.75) is 32.4 Å². The maximum atomic E-state index is 10.8. The molecule has 10 heteroatoms. The molecule has 2 aromatic rings. The van der Waals surface area contributed by atoms with Crippen molar-refractivity contribution in [2.75, 3.05) is 45.9 Å². The lowest BCUT2D eigenvalue weighted by Gasteiger charge is -2.27. The van der Waals surface area contributed by atoms with E-state index in [1.54, 1.807) is 11.3 Å². The van der Waals surface area contributed by atoms with Crippen LogP contribution in [0.4, 0.5) is 0 Å². The van der Waals surface area contributed by atoms with E-state index in [0.717, 1.165) is 62.3 Å². The molecule has 1 aliphatic heterocycles. The van der Waals surface area contributed by atoms with Gasteiger partial charge in [-0.05, 0) is 38.3 Å². The molecule has 1 fully saturated rings. The average molecular weight is 436 g/mol. The summed E-state index contributed by atoms with van der Waals surface area (Å²) in [5, 5.41) is 27.7. The van der Waals surface area contributed by atoms with Gasteiger partial charge in [-0.25, -0.2) is 4.99 Å². The first-order chi connectivity index (χ1) is 14.5. The molecule has 30 heavy (non-hydrogen) atoms. The van der Waals surface area contributed by atoms with Gasteiger partial charge in [0.1, 0.15) is 18.0 Å². The van der Waals surface area contributed by atoms with E-state index in [0.29, 0.717) is 19.0 Å². The standard InChI is InChI=1S/C20H33N7O2S/c1-16-24-25-18(26(16)3)14-22-19(21-7-5-8-27-9-11-29-12-10-27)23-15-20(2,28)17-6-4-13-30-17/h4,6,13,28H,5,7-12,14-15H2,1-3H3,(H2,21,22,23). The zero-order valence-corrected chi connectivity index (χ0v) is 18.9. The number of ether oxygens (including phenoxy) is 1. The minimum atomic E-state index is -0.966. The molecule has 1 atom stereocenters. The lowest BCUT2D eigenvalue weighted by molar-refractivity contribution is 0.0376. The highest BCUT2D eigenvalue weighted by Crippen LogP contribution is 2.24. The van der Waals surface area contributed by atoms with Crippen LogP contribution in [-0.4, -0.2) is 76.7 Å². The largest absolute Gasteiger partial charge is 0.383 e. The van der Waals surface area contributed by atoms with Crippen molar-refractivity contribution in [3.8, 4) is 0 Å². The van der Waals surface area contributed by atoms with Crippen LogP contribution < -0.4 is 10.6 Å². The fourth-order valence-electron chi connectivity index (χ4n) is 3.17. The van der Waals surface area contributed by atoms with Crippen LogP contribution in [0.1, 0.15) is 29.9 Å². The van der Waals surface area contributed by atoms with Gasteiger partial charge in [0.05, 0.1) is 19.8 Å². The van der Waals surface area contributed by atoms with Crippen molar-refractivity contribution in [2.24, 2.45) is 12.0 Å². The van der Waals surface area contributed by atoms with Gasteiger partial charge in [-0.2, -0.15) is 0 Å². The summed E-state index contributed by atoms with van der Waals surface area (Å²) in [6.45, 7) is 9.95. The number of rotatable bonds is 9. The highest BCUT2D eigenvalue weighted by atomic mass is 32.1. The van der Waals surface area contributed by atoms with Crippen LogP contribution in [0.25, 0.3) is 0 Å². The molecule has 3 rings (SSSR count). The van der Waals surface area contributed by atoms with Gasteiger partial charge in [-0.1, -0.05) is 6.07 Å². The van der Waals surface area contributed by atoms with Gasteiger partial charge in [-0.3, -0.25) is 4.90 Å². The van der Waals surface area contributed by atoms with Crippen molar-refractivity contribution in [1.29, 1.82) is 0 Å². The van der Waals surface area contributed by atoms with E-state index < -0.39 is 5.60 Å². The minimum absolute atomic E-state index is 0.362. The number of morpholine rings is 1. The second-order valence-corrected chi connectivity index (χ2v) is 8.67. The summed E-state index contributed by atoms with van der Waals surface area (Å²) >= 11 is 1.55. The zero-order valence-electron chi connectivity index (χ0n) is 18.1. The summed E-state index contributed by atoms with van der Waals surface area (Å²) in [5.41, 5.74) is -0.966. The Bertz CT molecular complexity index is 798. The summed E-state index contributed by atoms with van der Waals surface area (Å²) in [5.74, 6) is 2.32. The van der Waals surface area contributed by atoms with Gasteiger partial charge in [-0.15, -0.1) is 21.5 Å². The van der Waals surface area contributed by atoms with Crippen LogP contribution in [0.2, 0.25) is 0 Å². The van der Waals surface area contributed by atoms with Gasteiger partial charge in [0.15, 0.2) is 11.8 Å². The molecular weight excluding hydrogens is 402 g/mol. The predicted octanol–water partition coefficient (Wildman–Crippen LogP) is 0.850. The van der Waals surface area contributed by atoms with E-state index in [1.165, 1.54) is 0 Å². The summed E-state index contributed by atoms with van der Waals surface area (Å²) in [6, 6.07) is 3.89. The number of thiophene rings is 1. The van der Waals surface area contributed by atoms with Crippen LogP contribution in [0.5, 0.6) is 0 Å². The second kappa shape index (κ2) is 10.9. The average Bonchev–Trinajstić information content (AvgIpc) is 3.40. The molecule has 0 aliphatic carbocycles. The van der Waals surface area contributed by atoms with Crippen molar-refractivity contribution in [1.82, 2.24) is 30.3 Å². The first kappa shape index (κ1) is 22.7. The molecule has 0 spiro atoms. The number of aryl methyl sites for hydroxylation is 1. The number of nitrogens with zero attached hydrogens (tertiary/aromatic N) is 5. The number of hydrogen-bond donors (Lipinski definition) is 3. The number of guanidine groups is 1. The molecule has 3 N–H and O–H groups in total. The molecule has 0 aromatic carbocycles. The van der Waals surface area contributed by atoms with Crippen molar-refractivity contribution < 1.29 is 9.84 Å². The van der Waals surface area contributed by atoms with Gasteiger partial charge in [0, 0.05) is 31.6 Å². The number of nitrogens with one attached hydrogen (secondary N) is 2. The van der Waals surface area contributed by atoms with Gasteiger partial charge < -0.3 is 25.0 Å². The van der Waals surface area contributed by atoms with Gasteiger partial charge >= 0.3 is 0 Å². The Morgan fingerprint density at radius 2 is 2.13 bits per heavy atom. The Hall–Kier alpha value is -2.01. The Labute approximate surface area is 182 Å². The lowest BCUT2D eigenvalue weighted by atomic mass is 10.1. The molecule has 1 saturated heterocycles. The fourth-order valence-corrected chi connectivity index (χ4v) is 3.96. The summed E-state index contributed by atoms with van der Waals surface area (Å²) in [7, 11) is 1.94. The van der Waals surface area contributed by atoms with Gasteiger partial charge in [0.2, 0.25) is 0 Å². The number of aromatic nitrogens is 3. The molecule has 0 saturated carbocycles. The van der Waals surface area contributed by atoms with E-state index in [2.05, 4.69) is 30.7 Å². The zero-order chi connectivity index (χ0) is 21.4. The third-order valence-electron chi connectivity index (χ3n) is 5.26. The van der Waals surface area contributed by atoms with Crippen molar-refractivity contribution in [3.05, 3.63) is 34.0 Å². The van der Waals surface area contributed by atoms with Crippen LogP contribution in [0.15, 0.2) is 22.5 Å². The first-order valence-electron chi connectivity index (χ1n) is 10.4. The summed E-state index contributed by atoms with van der Waals surface area (Å²) in [6.07, 6.45) is 1.01. The molecule has 0 amide bonds. The molecular formula is C20H33N7O2S. The highest BCUT2D eigenvalue weighted by molar-refractivity contribution is 7.10. The topological polar surface area (TPSA) is 99.8 Å². The number of aliphatic imine (C=N–C) groups is 1. The van der Waals surface area contributed by atoms with Crippen molar-refractivity contribution >= 4 is 17.3 Å². The van der Waals surface area contributed by atoms with Crippen LogP contribution in [0, 0.1) is 6.92 Å². The molecule has 1 aliphatic rings. The molecule has 1 unspecified atom stereocenters. The quantitative estimate of drug-likeness (QED) is 0.305. The van der Waals surface area contributed by atoms with E-state index in [4.69, 9.17) is 4.74 Å². The normalized spacial score (nSPS) is 17.7. The molecule has 3 heterocycles. The number of hydrogen-bond acceptors (Lipinski definition) is 7. The highest BCUT2D eigenvalue weighted by Gasteiger charge is 2.24. The summed E-state index contributed by atoms with van der Waals surface area (Å²) < 4.78 is 7.33. The molecule has 0 bridgehead atoms. The molecule has 9 nitrogen and oxygen atoms in total. The third kappa shape index (κ3) is 6.49. The van der Waals surface area contributed by atoms with E-state index in [9.17, 15) is 5.11 Å². The number of aliphatic hydroxyl groups is 1. The maximum absolute atomic E-state index is 10.8. The summed E-state index contributed by atoms with van der Waals surface area (Å²) in [4.78, 5) is 8.00. The molecule has 0 radical (unpaired) electrons. The second-order valence-electron chi connectivity index (χ2n) is 7.73. The Balaban J connectivity index is 1.55. The fraction of sp³-hybridized carbons (Fsp3) is 0.650. The predicted molar refractivity (Wildman–Crippen MR) is 119 cm³/mol.